The maximum absolute atomic E-state index is 13.0. The second kappa shape index (κ2) is 9.86. The van der Waals surface area contributed by atoms with Crippen molar-refractivity contribution in [3.63, 3.8) is 0 Å². The fourth-order valence-corrected chi connectivity index (χ4v) is 3.38. The number of hydrogen-bond donors (Lipinski definition) is 1. The van der Waals surface area contributed by atoms with Gasteiger partial charge in [0.1, 0.15) is 5.70 Å². The van der Waals surface area contributed by atoms with Gasteiger partial charge in [0.25, 0.3) is 5.91 Å². The van der Waals surface area contributed by atoms with E-state index in [1.54, 1.807) is 49.2 Å². The molecule has 1 N–H and O–H groups in total. The van der Waals surface area contributed by atoms with Crippen LogP contribution < -0.4 is 14.8 Å². The quantitative estimate of drug-likeness (QED) is 0.335. The van der Waals surface area contributed by atoms with E-state index >= 15 is 0 Å². The van der Waals surface area contributed by atoms with Crippen LogP contribution in [0.25, 0.3) is 23.0 Å². The number of ether oxygens (including phenoxy) is 3. The molecule has 4 rings (SSSR count). The second-order valence-electron chi connectivity index (χ2n) is 7.11. The van der Waals surface area contributed by atoms with Crippen LogP contribution in [0, 0.1) is 0 Å². The molecule has 2 aromatic carbocycles. The van der Waals surface area contributed by atoms with E-state index in [0.717, 1.165) is 11.1 Å². The first kappa shape index (κ1) is 22.5. The average Bonchev–Trinajstić information content (AvgIpc) is 3.33. The van der Waals surface area contributed by atoms with Gasteiger partial charge in [0.05, 0.1) is 27.0 Å². The Balaban J connectivity index is 1.68. The molecule has 0 saturated heterocycles. The molecule has 2 aromatic heterocycles. The van der Waals surface area contributed by atoms with Crippen molar-refractivity contribution in [2.75, 3.05) is 21.3 Å². The number of nitrogens with zero attached hydrogens (tertiary/aromatic N) is 3. The maximum Gasteiger partial charge on any atom is 0.354 e. The van der Waals surface area contributed by atoms with E-state index in [1.807, 2.05) is 30.3 Å². The lowest BCUT2D eigenvalue weighted by Crippen LogP contribution is -2.28. The third-order valence-electron chi connectivity index (χ3n) is 5.03. The molecule has 0 bridgehead atoms. The van der Waals surface area contributed by atoms with Gasteiger partial charge in [0, 0.05) is 17.8 Å². The van der Waals surface area contributed by atoms with Crippen LogP contribution in [0.1, 0.15) is 16.1 Å². The summed E-state index contributed by atoms with van der Waals surface area (Å²) in [6.45, 7) is 0. The highest BCUT2D eigenvalue weighted by Crippen LogP contribution is 2.32. The van der Waals surface area contributed by atoms with Crippen LogP contribution in [0.3, 0.4) is 0 Å². The Bertz CT molecular complexity index is 1380. The fourth-order valence-electron chi connectivity index (χ4n) is 3.38. The van der Waals surface area contributed by atoms with Crippen molar-refractivity contribution in [1.29, 1.82) is 0 Å². The zero-order valence-corrected chi connectivity index (χ0v) is 18.8. The number of fused-ring (bicyclic) bond motifs is 1. The number of hydrogen-bond acceptors (Lipinski definition) is 7. The van der Waals surface area contributed by atoms with Gasteiger partial charge < -0.3 is 19.5 Å². The molecule has 0 saturated carbocycles. The van der Waals surface area contributed by atoms with Crippen LogP contribution in [0.5, 0.6) is 11.5 Å². The van der Waals surface area contributed by atoms with Crippen molar-refractivity contribution in [3.05, 3.63) is 83.8 Å². The van der Waals surface area contributed by atoms with Crippen LogP contribution >= 0.6 is 0 Å². The Hall–Kier alpha value is -4.66. The highest BCUT2D eigenvalue weighted by atomic mass is 16.5. The van der Waals surface area contributed by atoms with E-state index in [-0.39, 0.29) is 11.4 Å². The molecule has 0 aliphatic rings. The number of rotatable bonds is 7. The van der Waals surface area contributed by atoms with Crippen LogP contribution in [0.15, 0.2) is 72.6 Å². The van der Waals surface area contributed by atoms with Gasteiger partial charge in [0.15, 0.2) is 22.8 Å². The Morgan fingerprint density at radius 2 is 1.71 bits per heavy atom. The van der Waals surface area contributed by atoms with Crippen molar-refractivity contribution in [2.24, 2.45) is 0 Å². The summed E-state index contributed by atoms with van der Waals surface area (Å²) in [5, 5.41) is 7.02. The van der Waals surface area contributed by atoms with E-state index in [1.165, 1.54) is 19.3 Å². The standard InChI is InChI=1S/C25H22N4O5/c1-32-21-10-9-17(14-22(21)33-2)20-11-12-26-23-15-18(28-29(20)23)24(30)27-19(25(31)34-3)13-16-7-5-4-6-8-16/h4-15H,1-3H3,(H,27,30). The minimum Gasteiger partial charge on any atom is -0.493 e. The highest BCUT2D eigenvalue weighted by molar-refractivity contribution is 6.02. The topological polar surface area (TPSA) is 104 Å². The van der Waals surface area contributed by atoms with Crippen molar-refractivity contribution in [2.45, 2.75) is 0 Å². The van der Waals surface area contributed by atoms with Gasteiger partial charge >= 0.3 is 5.97 Å². The molecular formula is C25H22N4O5. The Kier molecular flexibility index (Phi) is 6.54. The lowest BCUT2D eigenvalue weighted by Gasteiger charge is -2.10. The summed E-state index contributed by atoms with van der Waals surface area (Å²) >= 11 is 0. The summed E-state index contributed by atoms with van der Waals surface area (Å²) < 4.78 is 17.1. The summed E-state index contributed by atoms with van der Waals surface area (Å²) in [7, 11) is 4.37. The first-order valence-electron chi connectivity index (χ1n) is 10.3. The molecule has 0 fully saturated rings. The largest absolute Gasteiger partial charge is 0.493 e. The van der Waals surface area contributed by atoms with Gasteiger partial charge in [-0.05, 0) is 35.9 Å². The van der Waals surface area contributed by atoms with Crippen LogP contribution in [0.4, 0.5) is 0 Å². The Morgan fingerprint density at radius 1 is 0.941 bits per heavy atom. The molecular weight excluding hydrogens is 436 g/mol. The van der Waals surface area contributed by atoms with E-state index in [9.17, 15) is 9.59 Å². The lowest BCUT2D eigenvalue weighted by molar-refractivity contribution is -0.136. The molecule has 2 heterocycles. The smallest absolute Gasteiger partial charge is 0.354 e. The lowest BCUT2D eigenvalue weighted by atomic mass is 10.1. The molecule has 172 valence electrons. The third-order valence-corrected chi connectivity index (χ3v) is 5.03. The first-order chi connectivity index (χ1) is 16.5. The number of carbonyl (C=O) groups is 2. The monoisotopic (exact) mass is 458 g/mol. The normalized spacial score (nSPS) is 11.2. The van der Waals surface area contributed by atoms with Crippen LogP contribution in [-0.4, -0.2) is 47.8 Å². The molecule has 0 radical (unpaired) electrons. The first-order valence-corrected chi connectivity index (χ1v) is 10.3. The minimum atomic E-state index is -0.676. The molecule has 34 heavy (non-hydrogen) atoms. The number of amides is 1. The molecule has 0 spiro atoms. The van der Waals surface area contributed by atoms with Gasteiger partial charge in [-0.15, -0.1) is 0 Å². The van der Waals surface area contributed by atoms with Gasteiger partial charge in [-0.2, -0.15) is 5.10 Å². The maximum atomic E-state index is 13.0. The van der Waals surface area contributed by atoms with E-state index in [4.69, 9.17) is 14.2 Å². The number of aromatic nitrogens is 3. The zero-order chi connectivity index (χ0) is 24.1. The second-order valence-corrected chi connectivity index (χ2v) is 7.11. The SMILES string of the molecule is COC(=O)C(=Cc1ccccc1)NC(=O)c1cc2nccc(-c3ccc(OC)c(OC)c3)n2n1. The number of carbonyl (C=O) groups excluding carboxylic acids is 2. The van der Waals surface area contributed by atoms with E-state index in [2.05, 4.69) is 15.4 Å². The van der Waals surface area contributed by atoms with Crippen molar-refractivity contribution in [1.82, 2.24) is 19.9 Å². The van der Waals surface area contributed by atoms with Gasteiger partial charge in [-0.1, -0.05) is 30.3 Å². The van der Waals surface area contributed by atoms with Crippen molar-refractivity contribution >= 4 is 23.6 Å². The third kappa shape index (κ3) is 4.58. The van der Waals surface area contributed by atoms with Crippen LogP contribution in [0.2, 0.25) is 0 Å². The molecule has 0 atom stereocenters. The summed E-state index contributed by atoms with van der Waals surface area (Å²) in [4.78, 5) is 29.5. The molecule has 0 aliphatic heterocycles. The molecule has 0 aliphatic carbocycles. The summed E-state index contributed by atoms with van der Waals surface area (Å²) in [5.41, 5.74) is 2.75. The minimum absolute atomic E-state index is 0.0103. The molecule has 4 aromatic rings. The van der Waals surface area contributed by atoms with Crippen molar-refractivity contribution < 1.29 is 23.8 Å². The van der Waals surface area contributed by atoms with Gasteiger partial charge in [-0.25, -0.2) is 14.3 Å². The van der Waals surface area contributed by atoms with E-state index < -0.39 is 11.9 Å². The predicted molar refractivity (Wildman–Crippen MR) is 125 cm³/mol. The Labute approximate surface area is 195 Å². The fraction of sp³-hybridized carbons (Fsp3) is 0.120. The van der Waals surface area contributed by atoms with Gasteiger partial charge in [-0.3, -0.25) is 4.79 Å². The Morgan fingerprint density at radius 3 is 2.41 bits per heavy atom. The van der Waals surface area contributed by atoms with E-state index in [0.29, 0.717) is 22.8 Å². The van der Waals surface area contributed by atoms with Crippen LogP contribution in [-0.2, 0) is 9.53 Å². The highest BCUT2D eigenvalue weighted by Gasteiger charge is 2.19. The summed E-state index contributed by atoms with van der Waals surface area (Å²) in [6, 6.07) is 17.9. The molecule has 1 amide bonds. The number of esters is 1. The average molecular weight is 458 g/mol. The zero-order valence-electron chi connectivity index (χ0n) is 18.8. The number of nitrogens with one attached hydrogen (secondary N) is 1. The summed E-state index contributed by atoms with van der Waals surface area (Å²) in [5.74, 6) is -0.0945. The van der Waals surface area contributed by atoms with Crippen molar-refractivity contribution in [3.8, 4) is 22.8 Å². The predicted octanol–water partition coefficient (Wildman–Crippen LogP) is 3.36. The van der Waals surface area contributed by atoms with Gasteiger partial charge in [0.2, 0.25) is 0 Å². The molecule has 9 nitrogen and oxygen atoms in total. The molecule has 9 heteroatoms. The number of benzene rings is 2. The summed E-state index contributed by atoms with van der Waals surface area (Å²) in [6.07, 6.45) is 3.16. The molecule has 0 unspecified atom stereocenters. The number of methoxy groups -OCH3 is 3.